The van der Waals surface area contributed by atoms with Crippen molar-refractivity contribution in [3.05, 3.63) is 48.0 Å². The van der Waals surface area contributed by atoms with Gasteiger partial charge in [-0.25, -0.2) is 9.07 Å². The van der Waals surface area contributed by atoms with Gasteiger partial charge in [0, 0.05) is 19.3 Å². The van der Waals surface area contributed by atoms with E-state index >= 15 is 0 Å². The summed E-state index contributed by atoms with van der Waals surface area (Å²) in [7, 11) is 0. The minimum atomic E-state index is -1.47. The van der Waals surface area contributed by atoms with Gasteiger partial charge in [-0.05, 0) is 49.7 Å². The molecular weight excluding hydrogens is 299 g/mol. The number of halogens is 1. The van der Waals surface area contributed by atoms with Crippen molar-refractivity contribution in [2.24, 2.45) is 5.73 Å². The number of nitrogens with zero attached hydrogens (tertiary/aromatic N) is 3. The number of piperidine rings is 1. The summed E-state index contributed by atoms with van der Waals surface area (Å²) in [6, 6.07) is 7.94. The lowest BCUT2D eigenvalue weighted by atomic mass is 9.92. The third-order valence-corrected chi connectivity index (χ3v) is 4.19. The van der Waals surface area contributed by atoms with Crippen molar-refractivity contribution in [1.29, 1.82) is 0 Å². The fourth-order valence-electron chi connectivity index (χ4n) is 2.95. The van der Waals surface area contributed by atoms with Crippen molar-refractivity contribution in [1.82, 2.24) is 14.7 Å². The monoisotopic (exact) mass is 318 g/mol. The van der Waals surface area contributed by atoms with E-state index in [0.29, 0.717) is 19.4 Å². The lowest BCUT2D eigenvalue weighted by Crippen LogP contribution is -2.55. The highest BCUT2D eigenvalue weighted by Crippen LogP contribution is 2.23. The van der Waals surface area contributed by atoms with Crippen LogP contribution < -0.4 is 5.73 Å². The molecule has 1 saturated heterocycles. The van der Waals surface area contributed by atoms with Crippen LogP contribution in [0.5, 0.6) is 0 Å². The topological polar surface area (TPSA) is 84.4 Å². The Hall–Kier alpha value is -2.25. The Bertz CT molecular complexity index is 700. The van der Waals surface area contributed by atoms with Crippen LogP contribution in [0.25, 0.3) is 5.69 Å². The van der Waals surface area contributed by atoms with Crippen molar-refractivity contribution in [2.45, 2.75) is 25.0 Å². The maximum atomic E-state index is 13.1. The highest BCUT2D eigenvalue weighted by Gasteiger charge is 2.38. The molecule has 1 atom stereocenters. The SMILES string of the molecule is NC(=O)[C@]1(O)CCCN(Cc2ccnn2-c2ccc(F)cc2)C1. The van der Waals surface area contributed by atoms with Crippen molar-refractivity contribution in [3.8, 4) is 5.69 Å². The summed E-state index contributed by atoms with van der Waals surface area (Å²) in [6.45, 7) is 1.49. The van der Waals surface area contributed by atoms with E-state index in [-0.39, 0.29) is 12.4 Å². The molecule has 23 heavy (non-hydrogen) atoms. The Morgan fingerprint density at radius 1 is 1.35 bits per heavy atom. The van der Waals surface area contributed by atoms with E-state index < -0.39 is 11.5 Å². The minimum absolute atomic E-state index is 0.205. The summed E-state index contributed by atoms with van der Waals surface area (Å²) in [5.74, 6) is -0.987. The van der Waals surface area contributed by atoms with E-state index in [4.69, 9.17) is 5.73 Å². The van der Waals surface area contributed by atoms with Gasteiger partial charge in [-0.2, -0.15) is 5.10 Å². The zero-order valence-electron chi connectivity index (χ0n) is 12.7. The van der Waals surface area contributed by atoms with Crippen LogP contribution in [0.2, 0.25) is 0 Å². The van der Waals surface area contributed by atoms with Crippen LogP contribution >= 0.6 is 0 Å². The zero-order valence-corrected chi connectivity index (χ0v) is 12.7. The lowest BCUT2D eigenvalue weighted by Gasteiger charge is -2.36. The van der Waals surface area contributed by atoms with Gasteiger partial charge in [-0.1, -0.05) is 0 Å². The number of benzene rings is 1. The third kappa shape index (κ3) is 3.25. The first-order valence-corrected chi connectivity index (χ1v) is 7.51. The number of aliphatic hydroxyl groups is 1. The molecule has 0 bridgehead atoms. The standard InChI is InChI=1S/C16H19FN4O2/c17-12-2-4-13(5-3-12)21-14(6-8-19-21)10-20-9-1-7-16(23,11-20)15(18)22/h2-6,8,23H,1,7,9-11H2,(H2,18,22)/t16-/m0/s1. The number of hydrogen-bond acceptors (Lipinski definition) is 4. The first-order valence-electron chi connectivity index (χ1n) is 7.51. The number of rotatable bonds is 4. The first kappa shape index (κ1) is 15.6. The van der Waals surface area contributed by atoms with E-state index in [9.17, 15) is 14.3 Å². The summed E-state index contributed by atoms with van der Waals surface area (Å²) < 4.78 is 14.8. The second-order valence-corrected chi connectivity index (χ2v) is 5.92. The predicted molar refractivity (Wildman–Crippen MR) is 82.2 cm³/mol. The van der Waals surface area contributed by atoms with Crippen LogP contribution in [0.1, 0.15) is 18.5 Å². The molecule has 0 spiro atoms. The number of amides is 1. The highest BCUT2D eigenvalue weighted by atomic mass is 19.1. The van der Waals surface area contributed by atoms with Crippen LogP contribution in [-0.4, -0.2) is 44.4 Å². The second kappa shape index (κ2) is 6.10. The molecule has 1 aromatic carbocycles. The summed E-state index contributed by atoms with van der Waals surface area (Å²) in [4.78, 5) is 13.4. The van der Waals surface area contributed by atoms with Crippen molar-refractivity contribution < 1.29 is 14.3 Å². The third-order valence-electron chi connectivity index (χ3n) is 4.19. The fourth-order valence-corrected chi connectivity index (χ4v) is 2.95. The van der Waals surface area contributed by atoms with E-state index in [1.807, 2.05) is 11.0 Å². The number of hydrogen-bond donors (Lipinski definition) is 2. The van der Waals surface area contributed by atoms with Gasteiger partial charge >= 0.3 is 0 Å². The smallest absolute Gasteiger partial charge is 0.250 e. The Labute approximate surface area is 133 Å². The highest BCUT2D eigenvalue weighted by molar-refractivity contribution is 5.83. The second-order valence-electron chi connectivity index (χ2n) is 5.92. The molecule has 2 aromatic rings. The van der Waals surface area contributed by atoms with Crippen LogP contribution in [0.4, 0.5) is 4.39 Å². The van der Waals surface area contributed by atoms with Gasteiger partial charge in [0.25, 0.3) is 5.91 Å². The molecule has 122 valence electrons. The van der Waals surface area contributed by atoms with E-state index in [2.05, 4.69) is 5.10 Å². The fraction of sp³-hybridized carbons (Fsp3) is 0.375. The molecule has 0 aliphatic carbocycles. The Morgan fingerprint density at radius 2 is 2.09 bits per heavy atom. The minimum Gasteiger partial charge on any atom is -0.379 e. The van der Waals surface area contributed by atoms with Gasteiger partial charge in [0.15, 0.2) is 5.60 Å². The van der Waals surface area contributed by atoms with Crippen molar-refractivity contribution in [2.75, 3.05) is 13.1 Å². The van der Waals surface area contributed by atoms with Crippen LogP contribution in [0.3, 0.4) is 0 Å². The van der Waals surface area contributed by atoms with Crippen molar-refractivity contribution in [3.63, 3.8) is 0 Å². The molecule has 3 rings (SSSR count). The number of carbonyl (C=O) groups excluding carboxylic acids is 1. The van der Waals surface area contributed by atoms with Crippen LogP contribution in [0.15, 0.2) is 36.5 Å². The molecule has 1 aliphatic rings. The lowest BCUT2D eigenvalue weighted by molar-refractivity contribution is -0.142. The molecular formula is C16H19FN4O2. The molecule has 1 fully saturated rings. The number of likely N-dealkylation sites (tertiary alicyclic amines) is 1. The van der Waals surface area contributed by atoms with Gasteiger partial charge in [0.05, 0.1) is 11.4 Å². The van der Waals surface area contributed by atoms with E-state index in [1.165, 1.54) is 12.1 Å². The van der Waals surface area contributed by atoms with Crippen LogP contribution in [0, 0.1) is 5.82 Å². The Balaban J connectivity index is 1.78. The van der Waals surface area contributed by atoms with E-state index in [1.54, 1.807) is 23.0 Å². The predicted octanol–water partition coefficient (Wildman–Crippen LogP) is 0.824. The van der Waals surface area contributed by atoms with Crippen molar-refractivity contribution >= 4 is 5.91 Å². The molecule has 0 saturated carbocycles. The number of nitrogens with two attached hydrogens (primary N) is 1. The Morgan fingerprint density at radius 3 is 2.78 bits per heavy atom. The van der Waals surface area contributed by atoms with Gasteiger partial charge in [-0.15, -0.1) is 0 Å². The largest absolute Gasteiger partial charge is 0.379 e. The molecule has 1 aliphatic heterocycles. The summed E-state index contributed by atoms with van der Waals surface area (Å²) in [5.41, 5.74) is 5.48. The number of aromatic nitrogens is 2. The number of β-amino-alcohol motifs (C(OH)–C–C–N with tert-alkyl or cyclic N) is 1. The molecule has 1 amide bonds. The normalized spacial score (nSPS) is 22.2. The maximum Gasteiger partial charge on any atom is 0.250 e. The summed E-state index contributed by atoms with van der Waals surface area (Å²) in [6.07, 6.45) is 2.75. The van der Waals surface area contributed by atoms with E-state index in [0.717, 1.165) is 17.9 Å². The summed E-state index contributed by atoms with van der Waals surface area (Å²) in [5, 5.41) is 14.6. The van der Waals surface area contributed by atoms with Gasteiger partial charge in [0.2, 0.25) is 0 Å². The first-order chi connectivity index (χ1) is 11.0. The van der Waals surface area contributed by atoms with Gasteiger partial charge in [0.1, 0.15) is 5.82 Å². The molecule has 2 heterocycles. The molecule has 0 unspecified atom stereocenters. The van der Waals surface area contributed by atoms with Crippen LogP contribution in [-0.2, 0) is 11.3 Å². The maximum absolute atomic E-state index is 13.1. The average Bonchev–Trinajstić information content (AvgIpc) is 2.96. The zero-order chi connectivity index (χ0) is 16.4. The van der Waals surface area contributed by atoms with Gasteiger partial charge in [-0.3, -0.25) is 9.69 Å². The summed E-state index contributed by atoms with van der Waals surface area (Å²) >= 11 is 0. The molecule has 0 radical (unpaired) electrons. The number of carbonyl (C=O) groups is 1. The molecule has 1 aromatic heterocycles. The molecule has 7 heteroatoms. The molecule has 6 nitrogen and oxygen atoms in total. The molecule has 3 N–H and O–H groups in total. The average molecular weight is 318 g/mol. The number of primary amides is 1. The Kier molecular flexibility index (Phi) is 4.14. The quantitative estimate of drug-likeness (QED) is 0.874. The van der Waals surface area contributed by atoms with Gasteiger partial charge < -0.3 is 10.8 Å².